The molecule has 0 spiro atoms. The summed E-state index contributed by atoms with van der Waals surface area (Å²) in [5, 5.41) is 7.52. The van der Waals surface area contributed by atoms with E-state index in [1.807, 2.05) is 53.8 Å². The predicted octanol–water partition coefficient (Wildman–Crippen LogP) is 6.02. The van der Waals surface area contributed by atoms with Crippen molar-refractivity contribution in [1.29, 1.82) is 0 Å². The average molecular weight is 666 g/mol. The van der Waals surface area contributed by atoms with E-state index in [1.165, 1.54) is 5.56 Å². The molecule has 1 aliphatic heterocycles. The molecule has 0 saturated heterocycles. The molecular formula is C33H36ClN5O6S. The molecule has 4 aromatic rings. The number of ether oxygens (including phenoxy) is 1. The summed E-state index contributed by atoms with van der Waals surface area (Å²) in [6, 6.07) is 16.0. The largest absolute Gasteiger partial charge is 0.493 e. The molecule has 46 heavy (non-hydrogen) atoms. The Kier molecular flexibility index (Phi) is 10.3. The molecule has 13 heteroatoms. The fourth-order valence-corrected chi connectivity index (χ4v) is 5.79. The summed E-state index contributed by atoms with van der Waals surface area (Å²) in [4.78, 5) is 27.2. The van der Waals surface area contributed by atoms with Gasteiger partial charge >= 0.3 is 6.03 Å². The SMILES string of the molecule is Cc1cccc(OCCCC(=O)N2CCCc3c(-c4cnn(Cc5cc(NC(=O)NOS(C)(=O)=O)ccc5Cl)c4)cccc32)c1C. The van der Waals surface area contributed by atoms with Crippen LogP contribution in [-0.4, -0.2) is 49.5 Å². The van der Waals surface area contributed by atoms with Gasteiger partial charge in [-0.15, -0.1) is 4.28 Å². The molecule has 3 aromatic carbocycles. The van der Waals surface area contributed by atoms with Crippen LogP contribution in [0, 0.1) is 13.8 Å². The first kappa shape index (κ1) is 33.0. The zero-order valence-electron chi connectivity index (χ0n) is 25.9. The smallest absolute Gasteiger partial charge is 0.344 e. The van der Waals surface area contributed by atoms with Gasteiger partial charge in [0.15, 0.2) is 0 Å². The number of carbonyl (C=O) groups is 2. The van der Waals surface area contributed by atoms with Crippen molar-refractivity contribution in [2.45, 2.75) is 46.1 Å². The Labute approximate surface area is 273 Å². The molecule has 0 saturated carbocycles. The standard InChI is InChI=1S/C33H36ClN5O6S/c1-22-8-4-12-31(23(22)2)44-17-7-13-32(40)39-16-6-10-28-27(9-5-11-30(28)39)25-19-35-38(21-25)20-24-18-26(14-15-29(24)34)36-33(41)37-45-46(3,42)43/h4-5,8-9,11-12,14-15,18-19,21H,6-7,10,13,16-17,20H2,1-3H3,(H2,36,37,41). The number of rotatable bonds is 11. The van der Waals surface area contributed by atoms with Crippen LogP contribution in [0.1, 0.15) is 41.5 Å². The van der Waals surface area contributed by atoms with Crippen LogP contribution in [0.3, 0.4) is 0 Å². The van der Waals surface area contributed by atoms with Gasteiger partial charge in [-0.25, -0.2) is 4.79 Å². The van der Waals surface area contributed by atoms with E-state index < -0.39 is 16.1 Å². The van der Waals surface area contributed by atoms with E-state index in [2.05, 4.69) is 27.7 Å². The molecule has 2 N–H and O–H groups in total. The quantitative estimate of drug-likeness (QED) is 0.148. The van der Waals surface area contributed by atoms with Crippen LogP contribution in [0.25, 0.3) is 11.1 Å². The Balaban J connectivity index is 1.24. The highest BCUT2D eigenvalue weighted by Crippen LogP contribution is 2.36. The lowest BCUT2D eigenvalue weighted by molar-refractivity contribution is -0.118. The lowest BCUT2D eigenvalue weighted by Gasteiger charge is -2.31. The highest BCUT2D eigenvalue weighted by molar-refractivity contribution is 7.85. The molecule has 0 fully saturated rings. The number of aryl methyl sites for hydroxylation is 1. The number of hydroxylamine groups is 1. The first-order valence-electron chi connectivity index (χ1n) is 14.9. The van der Waals surface area contributed by atoms with Crippen LogP contribution in [0.15, 0.2) is 67.0 Å². The number of anilines is 2. The highest BCUT2D eigenvalue weighted by atomic mass is 35.5. The summed E-state index contributed by atoms with van der Waals surface area (Å²) in [6.07, 6.45) is 7.26. The fraction of sp³-hybridized carbons (Fsp3) is 0.303. The van der Waals surface area contributed by atoms with Crippen molar-refractivity contribution in [3.63, 3.8) is 0 Å². The molecule has 5 rings (SSSR count). The normalized spacial score (nSPS) is 12.8. The number of benzene rings is 3. The summed E-state index contributed by atoms with van der Waals surface area (Å²) in [6.45, 7) is 5.56. The predicted molar refractivity (Wildman–Crippen MR) is 178 cm³/mol. The summed E-state index contributed by atoms with van der Waals surface area (Å²) in [5.74, 6) is 0.940. The fourth-order valence-electron chi connectivity index (χ4n) is 5.38. The van der Waals surface area contributed by atoms with Crippen LogP contribution in [0.5, 0.6) is 5.75 Å². The van der Waals surface area contributed by atoms with Crippen molar-refractivity contribution < 1.29 is 27.0 Å². The van der Waals surface area contributed by atoms with Gasteiger partial charge in [-0.05, 0) is 91.3 Å². The van der Waals surface area contributed by atoms with Gasteiger partial charge in [0, 0.05) is 41.1 Å². The Hall–Kier alpha value is -4.39. The number of nitrogens with zero attached hydrogens (tertiary/aromatic N) is 3. The second-order valence-electron chi connectivity index (χ2n) is 11.2. The van der Waals surface area contributed by atoms with E-state index in [0.717, 1.165) is 52.8 Å². The van der Waals surface area contributed by atoms with E-state index in [-0.39, 0.29) is 5.91 Å². The van der Waals surface area contributed by atoms with Crippen LogP contribution in [0.2, 0.25) is 5.02 Å². The second-order valence-corrected chi connectivity index (χ2v) is 13.2. The number of nitrogens with one attached hydrogen (secondary N) is 2. The van der Waals surface area contributed by atoms with Crippen molar-refractivity contribution in [2.24, 2.45) is 0 Å². The number of amides is 3. The summed E-state index contributed by atoms with van der Waals surface area (Å²) < 4.78 is 34.2. The minimum absolute atomic E-state index is 0.0815. The van der Waals surface area contributed by atoms with Crippen LogP contribution in [-0.2, 0) is 32.2 Å². The summed E-state index contributed by atoms with van der Waals surface area (Å²) >= 11 is 6.44. The average Bonchev–Trinajstić information content (AvgIpc) is 3.49. The molecule has 0 unspecified atom stereocenters. The van der Waals surface area contributed by atoms with Gasteiger partial charge in [0.2, 0.25) is 5.91 Å². The molecule has 3 amide bonds. The van der Waals surface area contributed by atoms with Crippen molar-refractivity contribution in [3.8, 4) is 16.9 Å². The Morgan fingerprint density at radius 1 is 1.09 bits per heavy atom. The second kappa shape index (κ2) is 14.4. The Morgan fingerprint density at radius 3 is 2.70 bits per heavy atom. The van der Waals surface area contributed by atoms with Gasteiger partial charge in [0.25, 0.3) is 10.1 Å². The van der Waals surface area contributed by atoms with Crippen molar-refractivity contribution in [3.05, 3.63) is 94.3 Å². The Morgan fingerprint density at radius 2 is 1.89 bits per heavy atom. The Bertz CT molecular complexity index is 1860. The molecule has 0 aliphatic carbocycles. The topological polar surface area (TPSA) is 132 Å². The van der Waals surface area contributed by atoms with Crippen LogP contribution >= 0.6 is 11.6 Å². The molecule has 1 aliphatic rings. The maximum Gasteiger partial charge on any atom is 0.344 e. The van der Waals surface area contributed by atoms with E-state index >= 15 is 0 Å². The third-order valence-electron chi connectivity index (χ3n) is 7.77. The third kappa shape index (κ3) is 8.25. The van der Waals surface area contributed by atoms with E-state index in [1.54, 1.807) is 29.1 Å². The minimum atomic E-state index is -3.85. The lowest BCUT2D eigenvalue weighted by atomic mass is 9.93. The molecule has 11 nitrogen and oxygen atoms in total. The molecule has 2 heterocycles. The number of carbonyl (C=O) groups excluding carboxylic acids is 2. The number of aromatic nitrogens is 2. The van der Waals surface area contributed by atoms with Crippen molar-refractivity contribution >= 4 is 45.0 Å². The van der Waals surface area contributed by atoms with E-state index in [4.69, 9.17) is 16.3 Å². The number of hydrogen-bond acceptors (Lipinski definition) is 7. The van der Waals surface area contributed by atoms with Gasteiger partial charge in [0.1, 0.15) is 5.75 Å². The first-order chi connectivity index (χ1) is 22.0. The minimum Gasteiger partial charge on any atom is -0.493 e. The first-order valence-corrected chi connectivity index (χ1v) is 17.1. The monoisotopic (exact) mass is 665 g/mol. The lowest BCUT2D eigenvalue weighted by Crippen LogP contribution is -2.35. The molecular weight excluding hydrogens is 630 g/mol. The third-order valence-corrected chi connectivity index (χ3v) is 8.52. The number of hydrogen-bond donors (Lipinski definition) is 2. The number of fused-ring (bicyclic) bond motifs is 1. The molecule has 1 aromatic heterocycles. The van der Waals surface area contributed by atoms with Gasteiger partial charge < -0.3 is 15.0 Å². The van der Waals surface area contributed by atoms with Crippen LogP contribution in [0.4, 0.5) is 16.2 Å². The van der Waals surface area contributed by atoms with Gasteiger partial charge in [-0.2, -0.15) is 19.0 Å². The van der Waals surface area contributed by atoms with Gasteiger partial charge in [-0.3, -0.25) is 9.48 Å². The summed E-state index contributed by atoms with van der Waals surface area (Å²) in [7, 11) is -3.85. The van der Waals surface area contributed by atoms with Crippen molar-refractivity contribution in [1.82, 2.24) is 15.3 Å². The molecule has 0 radical (unpaired) electrons. The highest BCUT2D eigenvalue weighted by Gasteiger charge is 2.25. The maximum atomic E-state index is 13.3. The number of halogens is 1. The van der Waals surface area contributed by atoms with E-state index in [0.29, 0.717) is 48.8 Å². The zero-order chi connectivity index (χ0) is 32.8. The summed E-state index contributed by atoms with van der Waals surface area (Å²) in [5.41, 5.74) is 9.15. The van der Waals surface area contributed by atoms with Crippen molar-refractivity contribution in [2.75, 3.05) is 29.6 Å². The van der Waals surface area contributed by atoms with E-state index in [9.17, 15) is 18.0 Å². The molecule has 242 valence electrons. The van der Waals surface area contributed by atoms with Crippen LogP contribution < -0.4 is 20.4 Å². The molecule has 0 atom stereocenters. The maximum absolute atomic E-state index is 13.3. The molecule has 0 bridgehead atoms. The zero-order valence-corrected chi connectivity index (χ0v) is 27.5. The van der Waals surface area contributed by atoms with Gasteiger partial charge in [-0.1, -0.05) is 35.9 Å². The van der Waals surface area contributed by atoms with Gasteiger partial charge in [0.05, 0.1) is 25.6 Å². The number of urea groups is 1.